The zero-order chi connectivity index (χ0) is 13.8. The number of carboxylic acids is 1. The van der Waals surface area contributed by atoms with Crippen LogP contribution in [-0.4, -0.2) is 40.9 Å². The van der Waals surface area contributed by atoms with Crippen LogP contribution in [0.25, 0.3) is 0 Å². The lowest BCUT2D eigenvalue weighted by atomic mass is 10.00. The molecular weight excluding hydrogens is 258 g/mol. The Morgan fingerprint density at radius 2 is 2.26 bits per heavy atom. The van der Waals surface area contributed by atoms with Gasteiger partial charge < -0.3 is 5.11 Å². The van der Waals surface area contributed by atoms with Crippen molar-refractivity contribution in [3.8, 4) is 0 Å². The summed E-state index contributed by atoms with van der Waals surface area (Å²) in [6.07, 6.45) is 0.981. The minimum absolute atomic E-state index is 0.137. The highest BCUT2D eigenvalue weighted by atomic mass is 32.2. The van der Waals surface area contributed by atoms with Crippen LogP contribution in [-0.2, 0) is 4.79 Å². The van der Waals surface area contributed by atoms with Crippen molar-refractivity contribution in [1.82, 2.24) is 4.90 Å². The highest BCUT2D eigenvalue weighted by Gasteiger charge is 2.27. The number of hydrogen-bond donors (Lipinski definition) is 1. The predicted octanol–water partition coefficient (Wildman–Crippen LogP) is 3.06. The summed E-state index contributed by atoms with van der Waals surface area (Å²) in [7, 11) is 0. The first-order chi connectivity index (χ1) is 9.11. The average Bonchev–Trinajstić information content (AvgIpc) is 2.80. The van der Waals surface area contributed by atoms with E-state index in [0.717, 1.165) is 18.7 Å². The number of hydrogen-bond acceptors (Lipinski definition) is 3. The molecule has 1 aliphatic heterocycles. The highest BCUT2D eigenvalue weighted by molar-refractivity contribution is 7.99. The van der Waals surface area contributed by atoms with E-state index in [2.05, 4.69) is 43.0 Å². The van der Waals surface area contributed by atoms with E-state index < -0.39 is 5.97 Å². The van der Waals surface area contributed by atoms with Gasteiger partial charge in [-0.1, -0.05) is 25.1 Å². The molecule has 0 aromatic heterocycles. The molecule has 1 N–H and O–H groups in total. The Bertz CT molecular complexity index is 450. The number of carbonyl (C=O) groups is 1. The minimum Gasteiger partial charge on any atom is -0.480 e. The molecule has 4 heteroatoms. The number of nitrogens with zero attached hydrogens (tertiary/aromatic N) is 1. The van der Waals surface area contributed by atoms with Crippen molar-refractivity contribution in [1.29, 1.82) is 0 Å². The van der Waals surface area contributed by atoms with Gasteiger partial charge >= 0.3 is 5.97 Å². The van der Waals surface area contributed by atoms with Crippen LogP contribution in [0.1, 0.15) is 31.7 Å². The third-order valence-corrected chi connectivity index (χ3v) is 5.06. The summed E-state index contributed by atoms with van der Waals surface area (Å²) in [5, 5.41) is 9.05. The van der Waals surface area contributed by atoms with Gasteiger partial charge in [0.1, 0.15) is 0 Å². The molecule has 1 aromatic rings. The van der Waals surface area contributed by atoms with Crippen molar-refractivity contribution in [2.24, 2.45) is 0 Å². The summed E-state index contributed by atoms with van der Waals surface area (Å²) in [5.74, 6) is 0.778. The van der Waals surface area contributed by atoms with Crippen LogP contribution < -0.4 is 0 Å². The van der Waals surface area contributed by atoms with Gasteiger partial charge in [0.05, 0.1) is 6.54 Å². The fourth-order valence-electron chi connectivity index (χ4n) is 2.50. The molecule has 2 unspecified atom stereocenters. The lowest BCUT2D eigenvalue weighted by Gasteiger charge is -2.29. The van der Waals surface area contributed by atoms with Gasteiger partial charge in [-0.2, -0.15) is 0 Å². The maximum absolute atomic E-state index is 11.0. The van der Waals surface area contributed by atoms with Crippen LogP contribution in [0.4, 0.5) is 0 Å². The SMILES string of the molecule is CCC(C)N(CC(=O)O)CC1CSc2ccccc21. The van der Waals surface area contributed by atoms with Gasteiger partial charge in [0.2, 0.25) is 0 Å². The smallest absolute Gasteiger partial charge is 0.317 e. The number of fused-ring (bicyclic) bond motifs is 1. The van der Waals surface area contributed by atoms with E-state index in [0.29, 0.717) is 12.0 Å². The lowest BCUT2D eigenvalue weighted by molar-refractivity contribution is -0.138. The Balaban J connectivity index is 2.08. The molecule has 2 rings (SSSR count). The van der Waals surface area contributed by atoms with Gasteiger partial charge in [-0.3, -0.25) is 9.69 Å². The van der Waals surface area contributed by atoms with E-state index in [4.69, 9.17) is 5.11 Å². The molecule has 0 bridgehead atoms. The average molecular weight is 279 g/mol. The Morgan fingerprint density at radius 3 is 2.95 bits per heavy atom. The van der Waals surface area contributed by atoms with Gasteiger partial charge in [0, 0.05) is 29.2 Å². The Hall–Kier alpha value is -1.00. The molecule has 1 aliphatic rings. The zero-order valence-electron chi connectivity index (χ0n) is 11.5. The molecule has 0 spiro atoms. The van der Waals surface area contributed by atoms with E-state index in [1.807, 2.05) is 11.8 Å². The van der Waals surface area contributed by atoms with E-state index in [-0.39, 0.29) is 6.54 Å². The van der Waals surface area contributed by atoms with E-state index in [1.54, 1.807) is 0 Å². The van der Waals surface area contributed by atoms with Crippen molar-refractivity contribution < 1.29 is 9.90 Å². The number of aliphatic carboxylic acids is 1. The van der Waals surface area contributed by atoms with Crippen molar-refractivity contribution in [3.63, 3.8) is 0 Å². The molecule has 0 saturated heterocycles. The van der Waals surface area contributed by atoms with Crippen LogP contribution in [0.5, 0.6) is 0 Å². The molecule has 0 radical (unpaired) electrons. The second-order valence-corrected chi connectivity index (χ2v) is 6.19. The van der Waals surface area contributed by atoms with Crippen LogP contribution in [0.15, 0.2) is 29.2 Å². The molecule has 1 heterocycles. The fraction of sp³-hybridized carbons (Fsp3) is 0.533. The third-order valence-electron chi connectivity index (χ3n) is 3.81. The maximum Gasteiger partial charge on any atom is 0.317 e. The summed E-state index contributed by atoms with van der Waals surface area (Å²) in [5.41, 5.74) is 1.38. The topological polar surface area (TPSA) is 40.5 Å². The van der Waals surface area contributed by atoms with Crippen molar-refractivity contribution in [2.45, 2.75) is 37.1 Å². The normalized spacial score (nSPS) is 19.4. The predicted molar refractivity (Wildman–Crippen MR) is 78.9 cm³/mol. The molecule has 0 fully saturated rings. The first-order valence-electron chi connectivity index (χ1n) is 6.79. The zero-order valence-corrected chi connectivity index (χ0v) is 12.3. The molecule has 104 valence electrons. The molecule has 2 atom stereocenters. The monoisotopic (exact) mass is 279 g/mol. The largest absolute Gasteiger partial charge is 0.480 e. The number of rotatable bonds is 6. The highest BCUT2D eigenvalue weighted by Crippen LogP contribution is 2.39. The van der Waals surface area contributed by atoms with Crippen LogP contribution in [0.3, 0.4) is 0 Å². The second kappa shape index (κ2) is 6.44. The van der Waals surface area contributed by atoms with E-state index >= 15 is 0 Å². The van der Waals surface area contributed by atoms with Gasteiger partial charge in [0.25, 0.3) is 0 Å². The Kier molecular flexibility index (Phi) is 4.88. The molecule has 0 aliphatic carbocycles. The molecule has 3 nitrogen and oxygen atoms in total. The van der Waals surface area contributed by atoms with Crippen molar-refractivity contribution in [2.75, 3.05) is 18.8 Å². The fourth-order valence-corrected chi connectivity index (χ4v) is 3.74. The van der Waals surface area contributed by atoms with Gasteiger partial charge in [0.15, 0.2) is 0 Å². The van der Waals surface area contributed by atoms with E-state index in [9.17, 15) is 4.79 Å². The summed E-state index contributed by atoms with van der Waals surface area (Å²) in [6.45, 7) is 5.19. The van der Waals surface area contributed by atoms with Crippen LogP contribution in [0.2, 0.25) is 0 Å². The quantitative estimate of drug-likeness (QED) is 0.869. The molecule has 0 amide bonds. The summed E-state index contributed by atoms with van der Waals surface area (Å²) in [4.78, 5) is 14.4. The molecule has 1 aromatic carbocycles. The van der Waals surface area contributed by atoms with Crippen LogP contribution >= 0.6 is 11.8 Å². The van der Waals surface area contributed by atoms with Gasteiger partial charge in [-0.15, -0.1) is 11.8 Å². The number of thioether (sulfide) groups is 1. The summed E-state index contributed by atoms with van der Waals surface area (Å²) in [6, 6.07) is 8.79. The van der Waals surface area contributed by atoms with E-state index in [1.165, 1.54) is 10.5 Å². The lowest BCUT2D eigenvalue weighted by Crippen LogP contribution is -2.39. The third kappa shape index (κ3) is 3.51. The standard InChI is InChI=1S/C15H21NO2S/c1-3-11(2)16(9-15(17)18)8-12-10-19-14-7-5-4-6-13(12)14/h4-7,11-12H,3,8-10H2,1-2H3,(H,17,18). The van der Waals surface area contributed by atoms with Crippen molar-refractivity contribution in [3.05, 3.63) is 29.8 Å². The number of carboxylic acid groups (broad SMARTS) is 1. The first-order valence-corrected chi connectivity index (χ1v) is 7.78. The Morgan fingerprint density at radius 1 is 1.53 bits per heavy atom. The molecular formula is C15H21NO2S. The molecule has 0 saturated carbocycles. The van der Waals surface area contributed by atoms with Gasteiger partial charge in [-0.05, 0) is 25.0 Å². The summed E-state index contributed by atoms with van der Waals surface area (Å²) >= 11 is 1.88. The number of benzene rings is 1. The van der Waals surface area contributed by atoms with Crippen molar-refractivity contribution >= 4 is 17.7 Å². The molecule has 19 heavy (non-hydrogen) atoms. The Labute approximate surface area is 119 Å². The second-order valence-electron chi connectivity index (χ2n) is 5.13. The van der Waals surface area contributed by atoms with Crippen LogP contribution in [0, 0.1) is 0 Å². The van der Waals surface area contributed by atoms with Gasteiger partial charge in [-0.25, -0.2) is 0 Å². The first kappa shape index (κ1) is 14.4. The minimum atomic E-state index is -0.737. The summed E-state index contributed by atoms with van der Waals surface area (Å²) < 4.78 is 0. The maximum atomic E-state index is 11.0.